The van der Waals surface area contributed by atoms with Gasteiger partial charge in [-0.3, -0.25) is 4.40 Å². The van der Waals surface area contributed by atoms with Gasteiger partial charge in [0.05, 0.1) is 22.7 Å². The lowest BCUT2D eigenvalue weighted by Crippen LogP contribution is -2.02. The molecule has 0 saturated heterocycles. The quantitative estimate of drug-likeness (QED) is 0.676. The van der Waals surface area contributed by atoms with Crippen molar-refractivity contribution in [1.82, 2.24) is 14.4 Å². The second-order valence-electron chi connectivity index (χ2n) is 3.99. The molecular weight excluding hydrogens is 232 g/mol. The molecule has 6 nitrogen and oxygen atoms in total. The summed E-state index contributed by atoms with van der Waals surface area (Å²) in [5.74, 6) is -0.544. The first-order valence-corrected chi connectivity index (χ1v) is 5.26. The Kier molecular flexibility index (Phi) is 1.92. The molecule has 6 heteroatoms. The molecule has 0 atom stereocenters. The van der Waals surface area contributed by atoms with Crippen molar-refractivity contribution >= 4 is 22.8 Å². The number of carboxylic acids is 1. The zero-order valence-electron chi connectivity index (χ0n) is 9.43. The van der Waals surface area contributed by atoms with Crippen molar-refractivity contribution in [2.24, 2.45) is 0 Å². The van der Waals surface area contributed by atoms with E-state index >= 15 is 0 Å². The molecule has 88 valence electrons. The molecule has 0 amide bonds. The largest absolute Gasteiger partial charge is 0.477 e. The smallest absolute Gasteiger partial charge is 0.354 e. The van der Waals surface area contributed by atoms with Crippen molar-refractivity contribution in [1.29, 1.82) is 5.26 Å². The first-order chi connectivity index (χ1) is 8.61. The molecule has 0 saturated carbocycles. The van der Waals surface area contributed by atoms with Crippen LogP contribution in [0, 0.1) is 18.3 Å². The number of hydrogen-bond acceptors (Lipinski definition) is 3. The van der Waals surface area contributed by atoms with Crippen molar-refractivity contribution in [2.75, 3.05) is 0 Å². The summed E-state index contributed by atoms with van der Waals surface area (Å²) in [5, 5.41) is 18.0. The van der Waals surface area contributed by atoms with Crippen LogP contribution in [0.4, 0.5) is 0 Å². The summed E-state index contributed by atoms with van der Waals surface area (Å²) in [6.07, 6.45) is 0. The molecule has 3 rings (SSSR count). The number of nitrogens with one attached hydrogen (secondary N) is 1. The van der Waals surface area contributed by atoms with Gasteiger partial charge in [-0.25, -0.2) is 9.78 Å². The van der Waals surface area contributed by atoms with E-state index in [9.17, 15) is 9.90 Å². The van der Waals surface area contributed by atoms with Crippen LogP contribution in [0.5, 0.6) is 0 Å². The number of rotatable bonds is 1. The molecule has 0 aliphatic rings. The van der Waals surface area contributed by atoms with E-state index in [-0.39, 0.29) is 5.69 Å². The van der Waals surface area contributed by atoms with Crippen LogP contribution in [0.15, 0.2) is 18.2 Å². The van der Waals surface area contributed by atoms with Gasteiger partial charge in [0.15, 0.2) is 5.69 Å². The number of nitrogens with zero attached hydrogens (tertiary/aromatic N) is 3. The lowest BCUT2D eigenvalue weighted by molar-refractivity contribution is 0.0689. The van der Waals surface area contributed by atoms with E-state index in [1.165, 1.54) is 0 Å². The first-order valence-electron chi connectivity index (χ1n) is 5.26. The SMILES string of the molecule is Cc1[nH]c2nc3cc(C#N)ccc3n2c1C(=O)O. The summed E-state index contributed by atoms with van der Waals surface area (Å²) in [7, 11) is 0. The van der Waals surface area contributed by atoms with Crippen LogP contribution in [0.1, 0.15) is 21.7 Å². The third-order valence-electron chi connectivity index (χ3n) is 2.86. The van der Waals surface area contributed by atoms with E-state index in [4.69, 9.17) is 5.26 Å². The number of aromatic amines is 1. The number of imidazole rings is 2. The fraction of sp³-hybridized carbons (Fsp3) is 0.0833. The highest BCUT2D eigenvalue weighted by Crippen LogP contribution is 2.21. The minimum absolute atomic E-state index is 0.164. The number of aryl methyl sites for hydroxylation is 1. The molecule has 18 heavy (non-hydrogen) atoms. The molecule has 2 heterocycles. The summed E-state index contributed by atoms with van der Waals surface area (Å²) in [6.45, 7) is 1.69. The first kappa shape index (κ1) is 10.4. The van der Waals surface area contributed by atoms with Crippen molar-refractivity contribution in [2.45, 2.75) is 6.92 Å². The molecule has 0 aliphatic heterocycles. The number of hydrogen-bond donors (Lipinski definition) is 2. The van der Waals surface area contributed by atoms with Gasteiger partial charge in [0.25, 0.3) is 0 Å². The van der Waals surface area contributed by atoms with Gasteiger partial charge in [0, 0.05) is 5.69 Å². The Hall–Kier alpha value is -2.81. The minimum atomic E-state index is -1.01. The third-order valence-corrected chi connectivity index (χ3v) is 2.86. The van der Waals surface area contributed by atoms with E-state index in [0.717, 1.165) is 0 Å². The molecule has 0 fully saturated rings. The predicted molar refractivity (Wildman–Crippen MR) is 63.5 cm³/mol. The fourth-order valence-corrected chi connectivity index (χ4v) is 2.11. The number of benzene rings is 1. The average molecular weight is 240 g/mol. The number of aromatic nitrogens is 3. The molecule has 0 bridgehead atoms. The van der Waals surface area contributed by atoms with Crippen molar-refractivity contribution in [3.63, 3.8) is 0 Å². The lowest BCUT2D eigenvalue weighted by Gasteiger charge is -1.96. The van der Waals surface area contributed by atoms with E-state index in [0.29, 0.717) is 28.1 Å². The maximum atomic E-state index is 11.2. The monoisotopic (exact) mass is 240 g/mol. The molecule has 0 aliphatic carbocycles. The summed E-state index contributed by atoms with van der Waals surface area (Å²) in [4.78, 5) is 18.4. The number of carboxylic acid groups (broad SMARTS) is 1. The summed E-state index contributed by atoms with van der Waals surface area (Å²) < 4.78 is 1.55. The Labute approximate surface area is 101 Å². The highest BCUT2D eigenvalue weighted by Gasteiger charge is 2.18. The highest BCUT2D eigenvalue weighted by atomic mass is 16.4. The maximum Gasteiger partial charge on any atom is 0.354 e. The van der Waals surface area contributed by atoms with Gasteiger partial charge in [-0.1, -0.05) is 0 Å². The number of H-pyrrole nitrogens is 1. The second-order valence-corrected chi connectivity index (χ2v) is 3.99. The molecule has 3 aromatic rings. The third kappa shape index (κ3) is 1.21. The van der Waals surface area contributed by atoms with Crippen LogP contribution in [0.3, 0.4) is 0 Å². The Morgan fingerprint density at radius 3 is 3.00 bits per heavy atom. The van der Waals surface area contributed by atoms with Gasteiger partial charge in [-0.05, 0) is 25.1 Å². The molecule has 0 radical (unpaired) electrons. The van der Waals surface area contributed by atoms with Crippen LogP contribution in [0.2, 0.25) is 0 Å². The van der Waals surface area contributed by atoms with Crippen LogP contribution in [-0.4, -0.2) is 25.4 Å². The van der Waals surface area contributed by atoms with Crippen molar-refractivity contribution in [3.8, 4) is 6.07 Å². The molecule has 2 aromatic heterocycles. The molecule has 1 aromatic carbocycles. The zero-order chi connectivity index (χ0) is 12.9. The van der Waals surface area contributed by atoms with Gasteiger partial charge < -0.3 is 10.1 Å². The highest BCUT2D eigenvalue weighted by molar-refractivity contribution is 5.92. The summed E-state index contributed by atoms with van der Waals surface area (Å²) in [5.41, 5.74) is 2.49. The average Bonchev–Trinajstić information content (AvgIpc) is 2.81. The molecule has 0 spiro atoms. The Bertz CT molecular complexity index is 835. The number of nitriles is 1. The molecule has 0 unspecified atom stereocenters. The van der Waals surface area contributed by atoms with Crippen LogP contribution < -0.4 is 0 Å². The summed E-state index contributed by atoms with van der Waals surface area (Å²) >= 11 is 0. The van der Waals surface area contributed by atoms with Gasteiger partial charge in [-0.2, -0.15) is 5.26 Å². The number of carbonyl (C=O) groups is 1. The molecular formula is C12H8N4O2. The number of fused-ring (bicyclic) bond motifs is 3. The van der Waals surface area contributed by atoms with E-state index in [2.05, 4.69) is 9.97 Å². The number of aromatic carboxylic acids is 1. The molecule has 2 N–H and O–H groups in total. The fourth-order valence-electron chi connectivity index (χ4n) is 2.11. The van der Waals surface area contributed by atoms with E-state index in [1.54, 1.807) is 29.5 Å². The van der Waals surface area contributed by atoms with Gasteiger partial charge in [-0.15, -0.1) is 0 Å². The normalized spacial score (nSPS) is 10.9. The predicted octanol–water partition coefficient (Wildman–Crippen LogP) is 1.69. The Morgan fingerprint density at radius 1 is 1.56 bits per heavy atom. The van der Waals surface area contributed by atoms with Crippen LogP contribution in [0.25, 0.3) is 16.8 Å². The minimum Gasteiger partial charge on any atom is -0.477 e. The zero-order valence-corrected chi connectivity index (χ0v) is 9.43. The maximum absolute atomic E-state index is 11.2. The van der Waals surface area contributed by atoms with Crippen LogP contribution >= 0.6 is 0 Å². The van der Waals surface area contributed by atoms with Crippen LogP contribution in [-0.2, 0) is 0 Å². The standard InChI is InChI=1S/C12H8N4O2/c1-6-10(11(17)18)16-9-3-2-7(5-13)4-8(9)15-12(16)14-6/h2-4H,1H3,(H,14,15)(H,17,18). The van der Waals surface area contributed by atoms with E-state index in [1.807, 2.05) is 6.07 Å². The van der Waals surface area contributed by atoms with Crippen molar-refractivity contribution < 1.29 is 9.90 Å². The van der Waals surface area contributed by atoms with E-state index < -0.39 is 5.97 Å². The van der Waals surface area contributed by atoms with Crippen molar-refractivity contribution in [3.05, 3.63) is 35.2 Å². The second kappa shape index (κ2) is 3.34. The summed E-state index contributed by atoms with van der Waals surface area (Å²) in [6, 6.07) is 7.01. The van der Waals surface area contributed by atoms with Gasteiger partial charge in [0.1, 0.15) is 0 Å². The Balaban J connectivity index is 2.48. The lowest BCUT2D eigenvalue weighted by atomic mass is 10.2. The topological polar surface area (TPSA) is 94.2 Å². The van der Waals surface area contributed by atoms with Gasteiger partial charge in [0.2, 0.25) is 5.78 Å². The van der Waals surface area contributed by atoms with Gasteiger partial charge >= 0.3 is 5.97 Å². The Morgan fingerprint density at radius 2 is 2.33 bits per heavy atom.